The Balaban J connectivity index is 2.44. The van der Waals surface area contributed by atoms with Gasteiger partial charge in [0.05, 0.1) is 5.69 Å². The highest BCUT2D eigenvalue weighted by atomic mass is 16.4. The van der Waals surface area contributed by atoms with Crippen molar-refractivity contribution in [2.24, 2.45) is 7.05 Å². The highest BCUT2D eigenvalue weighted by Gasteiger charge is 2.20. The van der Waals surface area contributed by atoms with Crippen molar-refractivity contribution in [2.45, 2.75) is 12.8 Å². The summed E-state index contributed by atoms with van der Waals surface area (Å²) in [6.45, 7) is 1.96. The first-order valence-electron chi connectivity index (χ1n) is 5.41. The van der Waals surface area contributed by atoms with E-state index in [1.54, 1.807) is 7.05 Å². The maximum Gasteiger partial charge on any atom is 0.339 e. The zero-order valence-electron chi connectivity index (χ0n) is 9.79. The van der Waals surface area contributed by atoms with E-state index in [-0.39, 0.29) is 11.5 Å². The lowest BCUT2D eigenvalue weighted by Gasteiger charge is -2.09. The van der Waals surface area contributed by atoms with Crippen LogP contribution in [0.4, 0.5) is 0 Å². The van der Waals surface area contributed by atoms with Gasteiger partial charge in [0.2, 0.25) is 0 Å². The maximum atomic E-state index is 11.1. The molecule has 1 heterocycles. The van der Waals surface area contributed by atoms with E-state index in [1.165, 1.54) is 10.9 Å². The SMILES string of the molecule is CC(c1ccccc1)c1nn(C)cc1C(=O)O. The van der Waals surface area contributed by atoms with Crippen LogP contribution in [0.15, 0.2) is 36.5 Å². The van der Waals surface area contributed by atoms with Crippen LogP contribution >= 0.6 is 0 Å². The number of aromatic carboxylic acids is 1. The van der Waals surface area contributed by atoms with Crippen LogP contribution in [-0.4, -0.2) is 20.9 Å². The lowest BCUT2D eigenvalue weighted by molar-refractivity contribution is 0.0695. The summed E-state index contributed by atoms with van der Waals surface area (Å²) in [7, 11) is 1.73. The summed E-state index contributed by atoms with van der Waals surface area (Å²) >= 11 is 0. The molecule has 4 heteroatoms. The van der Waals surface area contributed by atoms with Crippen molar-refractivity contribution in [3.8, 4) is 0 Å². The topological polar surface area (TPSA) is 55.1 Å². The molecule has 0 radical (unpaired) electrons. The summed E-state index contributed by atoms with van der Waals surface area (Å²) in [6.07, 6.45) is 1.54. The zero-order chi connectivity index (χ0) is 12.4. The van der Waals surface area contributed by atoms with Crippen molar-refractivity contribution in [1.29, 1.82) is 0 Å². The van der Waals surface area contributed by atoms with Crippen molar-refractivity contribution in [3.63, 3.8) is 0 Å². The lowest BCUT2D eigenvalue weighted by Crippen LogP contribution is -2.05. The van der Waals surface area contributed by atoms with Gasteiger partial charge < -0.3 is 5.11 Å². The van der Waals surface area contributed by atoms with Gasteiger partial charge in [0.1, 0.15) is 5.56 Å². The van der Waals surface area contributed by atoms with Crippen LogP contribution in [0.3, 0.4) is 0 Å². The Kier molecular flexibility index (Phi) is 2.95. The van der Waals surface area contributed by atoms with Gasteiger partial charge in [-0.05, 0) is 5.56 Å². The number of aromatic nitrogens is 2. The van der Waals surface area contributed by atoms with Gasteiger partial charge in [-0.15, -0.1) is 0 Å². The molecule has 0 saturated heterocycles. The Labute approximate surface area is 99.5 Å². The molecule has 0 aliphatic rings. The summed E-state index contributed by atoms with van der Waals surface area (Å²) in [5, 5.41) is 13.4. The number of aryl methyl sites for hydroxylation is 1. The van der Waals surface area contributed by atoms with Gasteiger partial charge in [-0.25, -0.2) is 4.79 Å². The average Bonchev–Trinajstić information content (AvgIpc) is 2.72. The van der Waals surface area contributed by atoms with Crippen LogP contribution in [-0.2, 0) is 7.05 Å². The number of hydrogen-bond donors (Lipinski definition) is 1. The molecule has 0 aliphatic heterocycles. The molecule has 2 rings (SSSR count). The molecule has 0 bridgehead atoms. The second-order valence-electron chi connectivity index (χ2n) is 4.04. The molecule has 2 aromatic rings. The van der Waals surface area contributed by atoms with E-state index >= 15 is 0 Å². The average molecular weight is 230 g/mol. The summed E-state index contributed by atoms with van der Waals surface area (Å²) in [5.41, 5.74) is 1.93. The molecule has 17 heavy (non-hydrogen) atoms. The van der Waals surface area contributed by atoms with Gasteiger partial charge in [-0.1, -0.05) is 37.3 Å². The van der Waals surface area contributed by atoms with E-state index in [2.05, 4.69) is 5.10 Å². The number of carboxylic acid groups (broad SMARTS) is 1. The predicted molar refractivity (Wildman–Crippen MR) is 64.1 cm³/mol. The molecular weight excluding hydrogens is 216 g/mol. The molecule has 0 spiro atoms. The molecule has 1 aromatic carbocycles. The maximum absolute atomic E-state index is 11.1. The van der Waals surface area contributed by atoms with Crippen molar-refractivity contribution >= 4 is 5.97 Å². The minimum Gasteiger partial charge on any atom is -0.478 e. The molecule has 0 amide bonds. The van der Waals surface area contributed by atoms with Crippen LogP contribution in [0, 0.1) is 0 Å². The fourth-order valence-electron chi connectivity index (χ4n) is 1.89. The van der Waals surface area contributed by atoms with Crippen LogP contribution in [0.25, 0.3) is 0 Å². The first-order chi connectivity index (χ1) is 8.09. The van der Waals surface area contributed by atoms with Gasteiger partial charge in [-0.2, -0.15) is 5.10 Å². The van der Waals surface area contributed by atoms with Gasteiger partial charge in [0.15, 0.2) is 0 Å². The highest BCUT2D eigenvalue weighted by molar-refractivity contribution is 5.89. The van der Waals surface area contributed by atoms with Crippen molar-refractivity contribution < 1.29 is 9.90 Å². The highest BCUT2D eigenvalue weighted by Crippen LogP contribution is 2.25. The molecule has 0 aliphatic carbocycles. The zero-order valence-corrected chi connectivity index (χ0v) is 9.79. The number of carboxylic acids is 1. The van der Waals surface area contributed by atoms with Crippen LogP contribution in [0.2, 0.25) is 0 Å². The fraction of sp³-hybridized carbons (Fsp3) is 0.231. The van der Waals surface area contributed by atoms with E-state index in [0.717, 1.165) is 5.56 Å². The normalized spacial score (nSPS) is 12.4. The fourth-order valence-corrected chi connectivity index (χ4v) is 1.89. The molecule has 4 nitrogen and oxygen atoms in total. The van der Waals surface area contributed by atoms with Crippen molar-refractivity contribution in [3.05, 3.63) is 53.3 Å². The Bertz CT molecular complexity index is 532. The van der Waals surface area contributed by atoms with Crippen LogP contribution < -0.4 is 0 Å². The van der Waals surface area contributed by atoms with Gasteiger partial charge in [0, 0.05) is 19.2 Å². The molecular formula is C13H14N2O2. The molecule has 1 unspecified atom stereocenters. The number of rotatable bonds is 3. The second kappa shape index (κ2) is 4.41. The van der Waals surface area contributed by atoms with Gasteiger partial charge in [0.25, 0.3) is 0 Å². The standard InChI is InChI=1S/C13H14N2O2/c1-9(10-6-4-3-5-7-10)12-11(13(16)17)8-15(2)14-12/h3-9H,1-2H3,(H,16,17). The smallest absolute Gasteiger partial charge is 0.339 e. The van der Waals surface area contributed by atoms with Gasteiger partial charge in [-0.3, -0.25) is 4.68 Å². The largest absolute Gasteiger partial charge is 0.478 e. The Morgan fingerprint density at radius 3 is 2.59 bits per heavy atom. The molecule has 0 saturated carbocycles. The molecule has 1 atom stereocenters. The Hall–Kier alpha value is -2.10. The number of carbonyl (C=O) groups is 1. The monoisotopic (exact) mass is 230 g/mol. The van der Waals surface area contributed by atoms with Crippen LogP contribution in [0.5, 0.6) is 0 Å². The Morgan fingerprint density at radius 1 is 1.35 bits per heavy atom. The minimum atomic E-state index is -0.934. The minimum absolute atomic E-state index is 0.0245. The quantitative estimate of drug-likeness (QED) is 0.880. The summed E-state index contributed by atoms with van der Waals surface area (Å²) in [6, 6.07) is 9.77. The predicted octanol–water partition coefficient (Wildman–Crippen LogP) is 2.27. The van der Waals surface area contributed by atoms with Crippen molar-refractivity contribution in [2.75, 3.05) is 0 Å². The molecule has 0 fully saturated rings. The summed E-state index contributed by atoms with van der Waals surface area (Å²) < 4.78 is 1.54. The number of nitrogens with zero attached hydrogens (tertiary/aromatic N) is 2. The number of hydrogen-bond acceptors (Lipinski definition) is 2. The third kappa shape index (κ3) is 2.20. The second-order valence-corrected chi connectivity index (χ2v) is 4.04. The number of benzene rings is 1. The summed E-state index contributed by atoms with van der Waals surface area (Å²) in [4.78, 5) is 11.1. The van der Waals surface area contributed by atoms with Crippen molar-refractivity contribution in [1.82, 2.24) is 9.78 Å². The van der Waals surface area contributed by atoms with E-state index in [4.69, 9.17) is 5.11 Å². The van der Waals surface area contributed by atoms with Gasteiger partial charge >= 0.3 is 5.97 Å². The lowest BCUT2D eigenvalue weighted by atomic mass is 9.95. The first kappa shape index (κ1) is 11.4. The van der Waals surface area contributed by atoms with E-state index in [1.807, 2.05) is 37.3 Å². The van der Waals surface area contributed by atoms with Crippen LogP contribution in [0.1, 0.15) is 34.5 Å². The van der Waals surface area contributed by atoms with E-state index in [0.29, 0.717) is 5.69 Å². The van der Waals surface area contributed by atoms with E-state index < -0.39 is 5.97 Å². The molecule has 1 aromatic heterocycles. The third-order valence-corrected chi connectivity index (χ3v) is 2.80. The summed E-state index contributed by atoms with van der Waals surface area (Å²) in [5.74, 6) is -0.959. The Morgan fingerprint density at radius 2 is 2.00 bits per heavy atom. The first-order valence-corrected chi connectivity index (χ1v) is 5.41. The molecule has 88 valence electrons. The van der Waals surface area contributed by atoms with E-state index in [9.17, 15) is 4.79 Å². The molecule has 1 N–H and O–H groups in total. The third-order valence-electron chi connectivity index (χ3n) is 2.80.